The van der Waals surface area contributed by atoms with Crippen molar-refractivity contribution in [1.29, 1.82) is 0 Å². The molecule has 2 nitrogen and oxygen atoms in total. The summed E-state index contributed by atoms with van der Waals surface area (Å²) in [6.07, 6.45) is 8.06. The highest BCUT2D eigenvalue weighted by molar-refractivity contribution is 7.20. The van der Waals surface area contributed by atoms with E-state index < -0.39 is 0 Å². The molecule has 0 spiro atoms. The number of fused-ring (bicyclic) bond motifs is 6. The third-order valence-corrected chi connectivity index (χ3v) is 7.97. The van der Waals surface area contributed by atoms with Crippen LogP contribution in [0, 0.1) is 0 Å². The number of nitrogens with zero attached hydrogens (tertiary/aromatic N) is 2. The van der Waals surface area contributed by atoms with E-state index in [0.717, 1.165) is 18.5 Å². The van der Waals surface area contributed by atoms with Crippen LogP contribution in [0.5, 0.6) is 0 Å². The van der Waals surface area contributed by atoms with Crippen LogP contribution in [0.15, 0.2) is 97.5 Å². The maximum absolute atomic E-state index is 4.91. The molecule has 0 bridgehead atoms. The number of hydrogen-bond donors (Lipinski definition) is 0. The van der Waals surface area contributed by atoms with Gasteiger partial charge in [0.1, 0.15) is 0 Å². The summed E-state index contributed by atoms with van der Waals surface area (Å²) in [4.78, 5) is 10.8. The third-order valence-electron chi connectivity index (χ3n) is 6.70. The number of aryl methyl sites for hydroxylation is 2. The lowest BCUT2D eigenvalue weighted by Gasteiger charge is -2.15. The summed E-state index contributed by atoms with van der Waals surface area (Å²) in [6, 6.07) is 28.2. The Morgan fingerprint density at radius 2 is 1.58 bits per heavy atom. The minimum Gasteiger partial charge on any atom is -0.264 e. The summed E-state index contributed by atoms with van der Waals surface area (Å²) < 4.78 is 1.27. The van der Waals surface area contributed by atoms with Crippen LogP contribution in [0.25, 0.3) is 54.4 Å². The van der Waals surface area contributed by atoms with Gasteiger partial charge in [0.15, 0.2) is 0 Å². The average Bonchev–Trinajstić information content (AvgIpc) is 3.28. The standard InChI is InChI=1S/C30H20N2S/c1-2-6-19(7-3-1)25-17-22(16-21-8-4-5-9-23(21)25)29-30-24(13-15-32-29)28-26-18-31-14-12-20(26)10-11-27(28)33-30/h1-9,12-18H,10-11H2. The maximum Gasteiger partial charge on any atom is 0.0880 e. The van der Waals surface area contributed by atoms with Gasteiger partial charge in [0.2, 0.25) is 0 Å². The molecule has 0 radical (unpaired) electrons. The van der Waals surface area contributed by atoms with Gasteiger partial charge in [-0.2, -0.15) is 0 Å². The van der Waals surface area contributed by atoms with E-state index in [9.17, 15) is 0 Å². The highest BCUT2D eigenvalue weighted by Gasteiger charge is 2.23. The lowest BCUT2D eigenvalue weighted by atomic mass is 9.90. The second kappa shape index (κ2) is 7.36. The van der Waals surface area contributed by atoms with Crippen LogP contribution in [0.1, 0.15) is 10.4 Å². The molecule has 0 amide bonds. The number of aromatic nitrogens is 2. The third kappa shape index (κ3) is 2.93. The summed E-state index contributed by atoms with van der Waals surface area (Å²) >= 11 is 1.90. The van der Waals surface area contributed by atoms with Crippen molar-refractivity contribution in [3.8, 4) is 33.5 Å². The van der Waals surface area contributed by atoms with E-state index in [-0.39, 0.29) is 0 Å². The van der Waals surface area contributed by atoms with E-state index in [4.69, 9.17) is 4.98 Å². The van der Waals surface area contributed by atoms with Gasteiger partial charge in [-0.25, -0.2) is 0 Å². The fourth-order valence-electron chi connectivity index (χ4n) is 5.17. The van der Waals surface area contributed by atoms with E-state index in [1.807, 2.05) is 29.9 Å². The number of pyridine rings is 2. The zero-order valence-corrected chi connectivity index (χ0v) is 18.8. The van der Waals surface area contributed by atoms with Crippen molar-refractivity contribution in [2.45, 2.75) is 12.8 Å². The Bertz CT molecular complexity index is 1660. The van der Waals surface area contributed by atoms with Crippen molar-refractivity contribution in [2.75, 3.05) is 0 Å². The Labute approximate surface area is 196 Å². The van der Waals surface area contributed by atoms with Gasteiger partial charge >= 0.3 is 0 Å². The van der Waals surface area contributed by atoms with Crippen LogP contribution < -0.4 is 0 Å². The van der Waals surface area contributed by atoms with E-state index in [1.54, 1.807) is 0 Å². The quantitative estimate of drug-likeness (QED) is 0.273. The monoisotopic (exact) mass is 440 g/mol. The first-order valence-electron chi connectivity index (χ1n) is 11.3. The fraction of sp³-hybridized carbons (Fsp3) is 0.0667. The van der Waals surface area contributed by atoms with Gasteiger partial charge in [-0.1, -0.05) is 54.6 Å². The van der Waals surface area contributed by atoms with Crippen LogP contribution in [-0.4, -0.2) is 9.97 Å². The topological polar surface area (TPSA) is 25.8 Å². The molecule has 156 valence electrons. The molecule has 1 aliphatic rings. The summed E-state index contributed by atoms with van der Waals surface area (Å²) in [5, 5.41) is 3.80. The highest BCUT2D eigenvalue weighted by atomic mass is 32.1. The molecule has 3 heteroatoms. The van der Waals surface area contributed by atoms with Gasteiger partial charge in [-0.3, -0.25) is 9.97 Å². The Kier molecular flexibility index (Phi) is 4.18. The molecular weight excluding hydrogens is 420 g/mol. The molecule has 3 aromatic carbocycles. The first kappa shape index (κ1) is 18.7. The lowest BCUT2D eigenvalue weighted by Crippen LogP contribution is -2.01. The molecule has 6 aromatic rings. The predicted molar refractivity (Wildman–Crippen MR) is 139 cm³/mol. The molecule has 0 aliphatic heterocycles. The van der Waals surface area contributed by atoms with Crippen LogP contribution in [0.3, 0.4) is 0 Å². The molecule has 3 aromatic heterocycles. The molecule has 0 saturated carbocycles. The molecule has 0 N–H and O–H groups in total. The molecule has 33 heavy (non-hydrogen) atoms. The van der Waals surface area contributed by atoms with Crippen LogP contribution in [-0.2, 0) is 12.8 Å². The van der Waals surface area contributed by atoms with E-state index in [0.29, 0.717) is 0 Å². The summed E-state index contributed by atoms with van der Waals surface area (Å²) in [6.45, 7) is 0. The Morgan fingerprint density at radius 3 is 2.52 bits per heavy atom. The summed E-state index contributed by atoms with van der Waals surface area (Å²) in [5.41, 5.74) is 8.75. The Balaban J connectivity index is 1.51. The van der Waals surface area contributed by atoms with Crippen molar-refractivity contribution in [1.82, 2.24) is 9.97 Å². The van der Waals surface area contributed by atoms with E-state index in [1.165, 1.54) is 59.1 Å². The van der Waals surface area contributed by atoms with Crippen LogP contribution in [0.4, 0.5) is 0 Å². The first-order chi connectivity index (χ1) is 16.4. The van der Waals surface area contributed by atoms with E-state index in [2.05, 4.69) is 83.8 Å². The molecule has 3 heterocycles. The summed E-state index contributed by atoms with van der Waals surface area (Å²) in [5.74, 6) is 0. The smallest absolute Gasteiger partial charge is 0.0880 e. The molecule has 0 unspecified atom stereocenters. The van der Waals surface area contributed by atoms with Crippen molar-refractivity contribution in [3.05, 3.63) is 108 Å². The molecule has 0 saturated heterocycles. The second-order valence-corrected chi connectivity index (χ2v) is 9.69. The second-order valence-electron chi connectivity index (χ2n) is 8.58. The number of hydrogen-bond acceptors (Lipinski definition) is 3. The normalized spacial score (nSPS) is 12.6. The van der Waals surface area contributed by atoms with Crippen molar-refractivity contribution < 1.29 is 0 Å². The minimum absolute atomic E-state index is 1.07. The van der Waals surface area contributed by atoms with Gasteiger partial charge in [0.25, 0.3) is 0 Å². The van der Waals surface area contributed by atoms with E-state index >= 15 is 0 Å². The lowest BCUT2D eigenvalue weighted by molar-refractivity contribution is 0.958. The minimum atomic E-state index is 1.07. The van der Waals surface area contributed by atoms with Crippen LogP contribution in [0.2, 0.25) is 0 Å². The number of thiophene rings is 1. The maximum atomic E-state index is 4.91. The molecule has 1 aliphatic carbocycles. The van der Waals surface area contributed by atoms with Crippen molar-refractivity contribution in [3.63, 3.8) is 0 Å². The zero-order chi connectivity index (χ0) is 21.8. The number of rotatable bonds is 2. The SMILES string of the molecule is c1ccc(-c2cc(-c3nccc4c5c(sc34)CCc3ccncc3-5)cc3ccccc23)cc1. The number of benzene rings is 3. The van der Waals surface area contributed by atoms with Gasteiger partial charge in [-0.05, 0) is 64.6 Å². The van der Waals surface area contributed by atoms with Gasteiger partial charge in [0, 0.05) is 45.5 Å². The van der Waals surface area contributed by atoms with Crippen LogP contribution >= 0.6 is 11.3 Å². The molecule has 7 rings (SSSR count). The van der Waals surface area contributed by atoms with Gasteiger partial charge in [0.05, 0.1) is 10.4 Å². The Hall–Kier alpha value is -3.82. The zero-order valence-electron chi connectivity index (χ0n) is 18.0. The predicted octanol–water partition coefficient (Wildman–Crippen LogP) is 7.94. The fourth-order valence-corrected chi connectivity index (χ4v) is 6.49. The van der Waals surface area contributed by atoms with Crippen molar-refractivity contribution in [2.24, 2.45) is 0 Å². The highest BCUT2D eigenvalue weighted by Crippen LogP contribution is 2.46. The van der Waals surface area contributed by atoms with Gasteiger partial charge in [-0.15, -0.1) is 11.3 Å². The Morgan fingerprint density at radius 1 is 0.697 bits per heavy atom. The molecule has 0 atom stereocenters. The largest absolute Gasteiger partial charge is 0.264 e. The molecular formula is C30H20N2S. The van der Waals surface area contributed by atoms with Gasteiger partial charge < -0.3 is 0 Å². The van der Waals surface area contributed by atoms with Crippen molar-refractivity contribution >= 4 is 32.2 Å². The average molecular weight is 441 g/mol. The molecule has 0 fully saturated rings. The summed E-state index contributed by atoms with van der Waals surface area (Å²) in [7, 11) is 0. The first-order valence-corrected chi connectivity index (χ1v) is 12.1.